The summed E-state index contributed by atoms with van der Waals surface area (Å²) >= 11 is 0. The molecule has 1 aliphatic carbocycles. The monoisotopic (exact) mass is 329 g/mol. The van der Waals surface area contributed by atoms with Gasteiger partial charge in [0.15, 0.2) is 5.82 Å². The third-order valence-corrected chi connectivity index (χ3v) is 4.02. The van der Waals surface area contributed by atoms with Crippen LogP contribution in [0.15, 0.2) is 0 Å². The Morgan fingerprint density at radius 1 is 1.36 bits per heavy atom. The lowest BCUT2D eigenvalue weighted by Gasteiger charge is -2.19. The van der Waals surface area contributed by atoms with Gasteiger partial charge in [0, 0.05) is 13.0 Å². The summed E-state index contributed by atoms with van der Waals surface area (Å²) in [5, 5.41) is 10.5. The summed E-state index contributed by atoms with van der Waals surface area (Å²) in [5.74, 6) is 2.22. The van der Waals surface area contributed by atoms with E-state index in [4.69, 9.17) is 4.74 Å². The summed E-state index contributed by atoms with van der Waals surface area (Å²) in [6.07, 6.45) is 4.54. The minimum absolute atomic E-state index is 0. The highest BCUT2D eigenvalue weighted by molar-refractivity contribution is 5.90. The largest absolute Gasteiger partial charge is 0.371 e. The van der Waals surface area contributed by atoms with Crippen molar-refractivity contribution in [2.24, 2.45) is 13.0 Å². The molecule has 1 aromatic heterocycles. The number of anilines is 1. The zero-order chi connectivity index (χ0) is 14.7. The number of aromatic nitrogens is 3. The van der Waals surface area contributed by atoms with Gasteiger partial charge in [0.2, 0.25) is 5.95 Å². The third kappa shape index (κ3) is 4.66. The lowest BCUT2D eigenvalue weighted by Crippen LogP contribution is -2.27. The van der Waals surface area contributed by atoms with Crippen molar-refractivity contribution in [3.8, 4) is 0 Å². The molecule has 0 bridgehead atoms. The number of amides is 1. The van der Waals surface area contributed by atoms with Gasteiger partial charge in [-0.2, -0.15) is 10.1 Å². The predicted molar refractivity (Wildman–Crippen MR) is 85.3 cm³/mol. The van der Waals surface area contributed by atoms with Crippen LogP contribution in [0.25, 0.3) is 0 Å². The van der Waals surface area contributed by atoms with Crippen molar-refractivity contribution in [1.82, 2.24) is 20.1 Å². The van der Waals surface area contributed by atoms with Gasteiger partial charge in [0.1, 0.15) is 6.61 Å². The second kappa shape index (κ2) is 7.89. The molecular formula is C14H24ClN5O2. The summed E-state index contributed by atoms with van der Waals surface area (Å²) in [4.78, 5) is 16.3. The average Bonchev–Trinajstić information content (AvgIpc) is 3.24. The molecule has 2 heterocycles. The first kappa shape index (κ1) is 17.2. The Kier molecular flexibility index (Phi) is 6.16. The number of aryl methyl sites for hydroxylation is 1. The molecule has 1 amide bonds. The molecule has 1 saturated heterocycles. The van der Waals surface area contributed by atoms with E-state index < -0.39 is 0 Å². The Balaban J connectivity index is 0.00000176. The summed E-state index contributed by atoms with van der Waals surface area (Å²) in [7, 11) is 1.80. The molecule has 0 radical (unpaired) electrons. The standard InChI is InChI=1S/C14H23N5O2.ClH/c1-19-14(16-12(20)9-21-8-10-2-3-10)17-13(18-19)11-4-6-15-7-5-11;/h10-11,15H,2-9H2,1H3,(H,16,17,18,20);1H. The van der Waals surface area contributed by atoms with Crippen LogP contribution in [-0.2, 0) is 16.6 Å². The predicted octanol–water partition coefficient (Wildman–Crippen LogP) is 1.07. The summed E-state index contributed by atoms with van der Waals surface area (Å²) in [6.45, 7) is 2.78. The lowest BCUT2D eigenvalue weighted by atomic mass is 9.98. The molecule has 124 valence electrons. The smallest absolute Gasteiger partial charge is 0.252 e. The van der Waals surface area contributed by atoms with Crippen molar-refractivity contribution >= 4 is 24.3 Å². The lowest BCUT2D eigenvalue weighted by molar-refractivity contribution is -0.120. The number of carbonyl (C=O) groups is 1. The van der Waals surface area contributed by atoms with Crippen LogP contribution < -0.4 is 10.6 Å². The van der Waals surface area contributed by atoms with Gasteiger partial charge in [-0.3, -0.25) is 10.1 Å². The summed E-state index contributed by atoms with van der Waals surface area (Å²) in [5.41, 5.74) is 0. The molecule has 0 aromatic carbocycles. The van der Waals surface area contributed by atoms with Gasteiger partial charge in [-0.05, 0) is 44.7 Å². The van der Waals surface area contributed by atoms with Gasteiger partial charge >= 0.3 is 0 Å². The first-order valence-electron chi connectivity index (χ1n) is 7.71. The molecule has 1 aromatic rings. The zero-order valence-electron chi connectivity index (χ0n) is 12.9. The maximum Gasteiger partial charge on any atom is 0.252 e. The Morgan fingerprint density at radius 3 is 2.77 bits per heavy atom. The highest BCUT2D eigenvalue weighted by atomic mass is 35.5. The van der Waals surface area contributed by atoms with Gasteiger partial charge in [-0.1, -0.05) is 0 Å². The highest BCUT2D eigenvalue weighted by Gasteiger charge is 2.23. The number of hydrogen-bond acceptors (Lipinski definition) is 5. The maximum absolute atomic E-state index is 11.8. The van der Waals surface area contributed by atoms with Crippen molar-refractivity contribution in [3.63, 3.8) is 0 Å². The zero-order valence-corrected chi connectivity index (χ0v) is 13.7. The van der Waals surface area contributed by atoms with E-state index in [2.05, 4.69) is 20.7 Å². The number of nitrogens with one attached hydrogen (secondary N) is 2. The molecular weight excluding hydrogens is 306 g/mol. The molecule has 2 N–H and O–H groups in total. The summed E-state index contributed by atoms with van der Waals surface area (Å²) < 4.78 is 7.01. The Hall–Kier alpha value is -1.18. The van der Waals surface area contributed by atoms with Gasteiger partial charge in [-0.15, -0.1) is 12.4 Å². The van der Waals surface area contributed by atoms with Crippen molar-refractivity contribution in [2.45, 2.75) is 31.6 Å². The fourth-order valence-electron chi connectivity index (χ4n) is 2.53. The van der Waals surface area contributed by atoms with Gasteiger partial charge in [0.05, 0.1) is 6.61 Å². The number of rotatable bonds is 6. The second-order valence-corrected chi connectivity index (χ2v) is 5.95. The van der Waals surface area contributed by atoms with E-state index in [0.717, 1.165) is 31.8 Å². The van der Waals surface area contributed by atoms with Crippen molar-refractivity contribution in [2.75, 3.05) is 31.6 Å². The van der Waals surface area contributed by atoms with Crippen molar-refractivity contribution in [1.29, 1.82) is 0 Å². The second-order valence-electron chi connectivity index (χ2n) is 5.95. The van der Waals surface area contributed by atoms with Crippen LogP contribution in [0.4, 0.5) is 5.95 Å². The van der Waals surface area contributed by atoms with Gasteiger partial charge in [-0.25, -0.2) is 4.68 Å². The summed E-state index contributed by atoms with van der Waals surface area (Å²) in [6, 6.07) is 0. The number of ether oxygens (including phenoxy) is 1. The van der Waals surface area contributed by atoms with Crippen LogP contribution in [0.1, 0.15) is 37.4 Å². The van der Waals surface area contributed by atoms with Crippen LogP contribution in [0.2, 0.25) is 0 Å². The Labute approximate surface area is 136 Å². The highest BCUT2D eigenvalue weighted by Crippen LogP contribution is 2.28. The van der Waals surface area contributed by atoms with Crippen LogP contribution in [0.3, 0.4) is 0 Å². The molecule has 7 nitrogen and oxygen atoms in total. The Morgan fingerprint density at radius 2 is 2.09 bits per heavy atom. The molecule has 1 aliphatic heterocycles. The van der Waals surface area contributed by atoms with E-state index in [9.17, 15) is 4.79 Å². The number of hydrogen-bond donors (Lipinski definition) is 2. The molecule has 0 unspecified atom stereocenters. The minimum Gasteiger partial charge on any atom is -0.371 e. The van der Waals surface area contributed by atoms with E-state index in [1.807, 2.05) is 0 Å². The molecule has 3 rings (SSSR count). The Bertz CT molecular complexity index is 497. The molecule has 22 heavy (non-hydrogen) atoms. The van der Waals surface area contributed by atoms with Crippen molar-refractivity contribution < 1.29 is 9.53 Å². The van der Waals surface area contributed by atoms with E-state index in [0.29, 0.717) is 24.4 Å². The van der Waals surface area contributed by atoms with Crippen LogP contribution in [0.5, 0.6) is 0 Å². The van der Waals surface area contributed by atoms with E-state index in [1.54, 1.807) is 11.7 Å². The van der Waals surface area contributed by atoms with Crippen molar-refractivity contribution in [3.05, 3.63) is 5.82 Å². The topological polar surface area (TPSA) is 81.1 Å². The molecule has 0 spiro atoms. The van der Waals surface area contributed by atoms with Crippen LogP contribution in [-0.4, -0.2) is 47.0 Å². The van der Waals surface area contributed by atoms with Gasteiger partial charge < -0.3 is 10.1 Å². The molecule has 0 atom stereocenters. The number of carbonyl (C=O) groups excluding carboxylic acids is 1. The normalized spacial score (nSPS) is 18.8. The molecule has 2 fully saturated rings. The first-order valence-corrected chi connectivity index (χ1v) is 7.71. The molecule has 2 aliphatic rings. The third-order valence-electron chi connectivity index (χ3n) is 4.02. The van der Waals surface area contributed by atoms with E-state index >= 15 is 0 Å². The molecule has 1 saturated carbocycles. The number of halogens is 1. The van der Waals surface area contributed by atoms with E-state index in [1.165, 1.54) is 12.8 Å². The fraction of sp³-hybridized carbons (Fsp3) is 0.786. The first-order chi connectivity index (χ1) is 10.2. The SMILES string of the molecule is Cl.Cn1nc(C2CCNCC2)nc1NC(=O)COCC1CC1. The average molecular weight is 330 g/mol. The molecule has 8 heteroatoms. The quantitative estimate of drug-likeness (QED) is 0.816. The van der Waals surface area contributed by atoms with Crippen LogP contribution in [0, 0.1) is 5.92 Å². The van der Waals surface area contributed by atoms with E-state index in [-0.39, 0.29) is 24.9 Å². The fourth-order valence-corrected chi connectivity index (χ4v) is 2.53. The number of nitrogens with zero attached hydrogens (tertiary/aromatic N) is 3. The van der Waals surface area contributed by atoms with Crippen LogP contribution >= 0.6 is 12.4 Å². The number of piperidine rings is 1. The van der Waals surface area contributed by atoms with Gasteiger partial charge in [0.25, 0.3) is 5.91 Å². The minimum atomic E-state index is -0.164. The maximum atomic E-state index is 11.8.